The predicted molar refractivity (Wildman–Crippen MR) is 101 cm³/mol. The fourth-order valence-corrected chi connectivity index (χ4v) is 3.63. The molecule has 0 saturated carbocycles. The Balaban J connectivity index is 1.78. The summed E-state index contributed by atoms with van der Waals surface area (Å²) < 4.78 is 14.8. The fraction of sp³-hybridized carbons (Fsp3) is 0.0500. The number of pyridine rings is 1. The zero-order chi connectivity index (χ0) is 17.9. The van der Waals surface area contributed by atoms with Crippen molar-refractivity contribution in [2.24, 2.45) is 0 Å². The first-order chi connectivity index (χ1) is 12.7. The number of fused-ring (bicyclic) bond motifs is 1. The number of halogens is 1. The van der Waals surface area contributed by atoms with Crippen molar-refractivity contribution in [2.75, 3.05) is 4.90 Å². The summed E-state index contributed by atoms with van der Waals surface area (Å²) in [5, 5.41) is 0.461. The maximum atomic E-state index is 14.0. The molecule has 0 unspecified atom stereocenters. The summed E-state index contributed by atoms with van der Waals surface area (Å²) >= 11 is 1.30. The second kappa shape index (κ2) is 7.01. The minimum Gasteiger partial charge on any atom is -0.279 e. The Labute approximate surface area is 153 Å². The molecule has 4 rings (SSSR count). The number of hydrogen-bond acceptors (Lipinski definition) is 4. The van der Waals surface area contributed by atoms with Gasteiger partial charge in [0.15, 0.2) is 5.13 Å². The minimum atomic E-state index is -0.390. The summed E-state index contributed by atoms with van der Waals surface area (Å²) in [5.41, 5.74) is 1.71. The van der Waals surface area contributed by atoms with Crippen LogP contribution >= 0.6 is 11.3 Å². The van der Waals surface area contributed by atoms with Crippen LogP contribution in [0.5, 0.6) is 0 Å². The number of para-hydroxylation sites is 1. The summed E-state index contributed by atoms with van der Waals surface area (Å²) in [6.07, 6.45) is 3.39. The quantitative estimate of drug-likeness (QED) is 0.529. The maximum absolute atomic E-state index is 14.0. The van der Waals surface area contributed by atoms with E-state index in [-0.39, 0.29) is 11.4 Å². The molecule has 26 heavy (non-hydrogen) atoms. The second-order valence-electron chi connectivity index (χ2n) is 5.70. The van der Waals surface area contributed by atoms with Crippen LogP contribution in [0, 0.1) is 5.82 Å². The molecule has 4 aromatic rings. The number of nitrogens with zero attached hydrogens (tertiary/aromatic N) is 3. The lowest BCUT2D eigenvalue weighted by atomic mass is 10.2. The molecule has 6 heteroatoms. The standard InChI is InChI=1S/C20H14FN3OS/c21-16-9-4-10-17-18(16)23-20(26-17)24(13-14-6-5-11-22-12-14)19(25)15-7-2-1-3-8-15/h1-12H,13H2. The monoisotopic (exact) mass is 363 g/mol. The van der Waals surface area contributed by atoms with E-state index >= 15 is 0 Å². The largest absolute Gasteiger partial charge is 0.279 e. The molecule has 128 valence electrons. The number of rotatable bonds is 4. The minimum absolute atomic E-state index is 0.186. The van der Waals surface area contributed by atoms with Gasteiger partial charge in [0.1, 0.15) is 11.3 Å². The Bertz CT molecular complexity index is 1050. The number of thiazole rings is 1. The summed E-state index contributed by atoms with van der Waals surface area (Å²) in [6, 6.07) is 17.5. The van der Waals surface area contributed by atoms with E-state index in [0.29, 0.717) is 21.9 Å². The molecule has 0 atom stereocenters. The number of anilines is 1. The van der Waals surface area contributed by atoms with E-state index in [9.17, 15) is 9.18 Å². The van der Waals surface area contributed by atoms with Gasteiger partial charge in [0.05, 0.1) is 11.2 Å². The highest BCUT2D eigenvalue weighted by molar-refractivity contribution is 7.22. The summed E-state index contributed by atoms with van der Waals surface area (Å²) in [4.78, 5) is 23.1. The first-order valence-corrected chi connectivity index (χ1v) is 8.85. The molecule has 1 amide bonds. The number of aromatic nitrogens is 2. The van der Waals surface area contributed by atoms with Gasteiger partial charge < -0.3 is 0 Å². The average molecular weight is 363 g/mol. The van der Waals surface area contributed by atoms with E-state index < -0.39 is 5.82 Å². The van der Waals surface area contributed by atoms with Crippen LogP contribution in [0.3, 0.4) is 0 Å². The molecule has 2 heterocycles. The number of hydrogen-bond donors (Lipinski definition) is 0. The zero-order valence-electron chi connectivity index (χ0n) is 13.7. The molecule has 0 aliphatic heterocycles. The maximum Gasteiger partial charge on any atom is 0.260 e. The second-order valence-corrected chi connectivity index (χ2v) is 6.71. The highest BCUT2D eigenvalue weighted by Gasteiger charge is 2.22. The Morgan fingerprint density at radius 2 is 1.88 bits per heavy atom. The Morgan fingerprint density at radius 1 is 1.04 bits per heavy atom. The van der Waals surface area contributed by atoms with Gasteiger partial charge in [-0.1, -0.05) is 41.7 Å². The molecular formula is C20H14FN3OS. The van der Waals surface area contributed by atoms with Gasteiger partial charge in [-0.3, -0.25) is 14.7 Å². The van der Waals surface area contributed by atoms with Crippen LogP contribution in [0.2, 0.25) is 0 Å². The Hall–Kier alpha value is -3.12. The molecule has 0 spiro atoms. The Morgan fingerprint density at radius 3 is 2.62 bits per heavy atom. The first kappa shape index (κ1) is 16.4. The van der Waals surface area contributed by atoms with Crippen LogP contribution in [-0.4, -0.2) is 15.9 Å². The molecular weight excluding hydrogens is 349 g/mol. The van der Waals surface area contributed by atoms with Crippen molar-refractivity contribution in [1.29, 1.82) is 0 Å². The van der Waals surface area contributed by atoms with Gasteiger partial charge in [-0.2, -0.15) is 0 Å². The SMILES string of the molecule is O=C(c1ccccc1)N(Cc1cccnc1)c1nc2c(F)cccc2s1. The van der Waals surface area contributed by atoms with Gasteiger partial charge in [0.25, 0.3) is 5.91 Å². The number of carbonyl (C=O) groups excluding carboxylic acids is 1. The van der Waals surface area contributed by atoms with Crippen LogP contribution in [-0.2, 0) is 6.54 Å². The van der Waals surface area contributed by atoms with Crippen LogP contribution in [0.25, 0.3) is 10.2 Å². The van der Waals surface area contributed by atoms with Gasteiger partial charge in [0, 0.05) is 18.0 Å². The van der Waals surface area contributed by atoms with E-state index in [1.54, 1.807) is 41.6 Å². The molecule has 0 fully saturated rings. The highest BCUT2D eigenvalue weighted by atomic mass is 32.1. The van der Waals surface area contributed by atoms with Crippen LogP contribution < -0.4 is 4.90 Å². The van der Waals surface area contributed by atoms with Crippen LogP contribution in [0.4, 0.5) is 9.52 Å². The van der Waals surface area contributed by atoms with Gasteiger partial charge in [-0.15, -0.1) is 0 Å². The van der Waals surface area contributed by atoms with Crippen LogP contribution in [0.1, 0.15) is 15.9 Å². The van der Waals surface area contributed by atoms with E-state index in [1.807, 2.05) is 30.3 Å². The van der Waals surface area contributed by atoms with E-state index in [1.165, 1.54) is 17.4 Å². The third kappa shape index (κ3) is 3.19. The Kier molecular flexibility index (Phi) is 4.41. The van der Waals surface area contributed by atoms with E-state index in [2.05, 4.69) is 9.97 Å². The van der Waals surface area contributed by atoms with Crippen molar-refractivity contribution in [3.05, 3.63) is 90.0 Å². The molecule has 0 radical (unpaired) electrons. The summed E-state index contributed by atoms with van der Waals surface area (Å²) in [7, 11) is 0. The summed E-state index contributed by atoms with van der Waals surface area (Å²) in [5.74, 6) is -0.576. The number of benzene rings is 2. The van der Waals surface area contributed by atoms with Crippen LogP contribution in [0.15, 0.2) is 73.1 Å². The topological polar surface area (TPSA) is 46.1 Å². The highest BCUT2D eigenvalue weighted by Crippen LogP contribution is 2.32. The van der Waals surface area contributed by atoms with Crippen molar-refractivity contribution in [1.82, 2.24) is 9.97 Å². The molecule has 2 aromatic carbocycles. The van der Waals surface area contributed by atoms with Crippen molar-refractivity contribution < 1.29 is 9.18 Å². The molecule has 0 bridgehead atoms. The van der Waals surface area contributed by atoms with Crippen molar-refractivity contribution >= 4 is 32.6 Å². The molecule has 2 aromatic heterocycles. The number of amides is 1. The molecule has 0 aliphatic carbocycles. The third-order valence-electron chi connectivity index (χ3n) is 3.92. The fourth-order valence-electron chi connectivity index (χ4n) is 2.66. The average Bonchev–Trinajstić information content (AvgIpc) is 3.12. The van der Waals surface area contributed by atoms with Crippen molar-refractivity contribution in [3.63, 3.8) is 0 Å². The smallest absolute Gasteiger partial charge is 0.260 e. The lowest BCUT2D eigenvalue weighted by molar-refractivity contribution is 0.0985. The first-order valence-electron chi connectivity index (χ1n) is 8.03. The van der Waals surface area contributed by atoms with Crippen molar-refractivity contribution in [3.8, 4) is 0 Å². The molecule has 4 nitrogen and oxygen atoms in total. The van der Waals surface area contributed by atoms with E-state index in [0.717, 1.165) is 5.56 Å². The van der Waals surface area contributed by atoms with Gasteiger partial charge in [-0.05, 0) is 35.9 Å². The predicted octanol–water partition coefficient (Wildman–Crippen LogP) is 4.68. The summed E-state index contributed by atoms with van der Waals surface area (Å²) in [6.45, 7) is 0.309. The normalized spacial score (nSPS) is 10.8. The zero-order valence-corrected chi connectivity index (χ0v) is 14.5. The van der Waals surface area contributed by atoms with Gasteiger partial charge in [0.2, 0.25) is 0 Å². The molecule has 0 aliphatic rings. The number of carbonyl (C=O) groups is 1. The lowest BCUT2D eigenvalue weighted by Gasteiger charge is -2.20. The lowest BCUT2D eigenvalue weighted by Crippen LogP contribution is -2.30. The van der Waals surface area contributed by atoms with Gasteiger partial charge >= 0.3 is 0 Å². The van der Waals surface area contributed by atoms with E-state index in [4.69, 9.17) is 0 Å². The molecule has 0 saturated heterocycles. The van der Waals surface area contributed by atoms with Crippen molar-refractivity contribution in [2.45, 2.75) is 6.54 Å². The third-order valence-corrected chi connectivity index (χ3v) is 4.96. The molecule has 0 N–H and O–H groups in total. The van der Waals surface area contributed by atoms with Gasteiger partial charge in [-0.25, -0.2) is 9.37 Å².